The summed E-state index contributed by atoms with van der Waals surface area (Å²) in [5, 5.41) is 16.7. The second-order valence-corrected chi connectivity index (χ2v) is 12.5. The summed E-state index contributed by atoms with van der Waals surface area (Å²) in [5.41, 5.74) is -0.269. The van der Waals surface area contributed by atoms with Gasteiger partial charge in [0.15, 0.2) is 0 Å². The number of thioether (sulfide) groups is 1. The molecule has 2 rings (SSSR count). The number of nitrogens with one attached hydrogen (secondary N) is 2. The summed E-state index contributed by atoms with van der Waals surface area (Å²) in [5.74, 6) is -0.0947. The number of hydrogen-bond acceptors (Lipinski definition) is 6. The van der Waals surface area contributed by atoms with Crippen LogP contribution in [0.4, 0.5) is 4.79 Å². The molecule has 1 aromatic carbocycles. The van der Waals surface area contributed by atoms with Crippen LogP contribution in [0.5, 0.6) is 5.75 Å². The smallest absolute Gasteiger partial charge is 0.408 e. The van der Waals surface area contributed by atoms with Gasteiger partial charge in [-0.3, -0.25) is 9.59 Å². The van der Waals surface area contributed by atoms with Gasteiger partial charge >= 0.3 is 6.09 Å². The van der Waals surface area contributed by atoms with Gasteiger partial charge in [-0.2, -0.15) is 11.8 Å². The first kappa shape index (κ1) is 29.8. The second-order valence-electron chi connectivity index (χ2n) is 11.5. The summed E-state index contributed by atoms with van der Waals surface area (Å²) in [6, 6.07) is 3.13. The first-order chi connectivity index (χ1) is 16.6. The minimum atomic E-state index is -1.04. The Morgan fingerprint density at radius 2 is 1.81 bits per heavy atom. The maximum atomic E-state index is 14.2. The molecule has 2 unspecified atom stereocenters. The maximum Gasteiger partial charge on any atom is 0.408 e. The average molecular weight is 522 g/mol. The molecule has 0 aromatic heterocycles. The molecule has 0 bridgehead atoms. The number of benzene rings is 1. The van der Waals surface area contributed by atoms with E-state index in [1.54, 1.807) is 62.6 Å². The van der Waals surface area contributed by atoms with Crippen LogP contribution >= 0.6 is 11.8 Å². The molecule has 1 fully saturated rings. The highest BCUT2D eigenvalue weighted by Gasteiger charge is 2.43. The monoisotopic (exact) mass is 521 g/mol. The van der Waals surface area contributed by atoms with Crippen molar-refractivity contribution in [2.24, 2.45) is 0 Å². The number of ether oxygens (including phenoxy) is 1. The standard InChI is InChI=1S/C27H43N3O5S/c1-17-11-9-14-19(22(17)31)21(23(32)29-26(2,3)4)30(18-12-10-13-18)24(33)20(15-16-36-8)28-25(34)35-27(5,6)7/h9,11,14,18,20-21,31H,10,12-13,15-16H2,1-8H3,(H,28,34)(H,29,32). The number of phenols is 1. The van der Waals surface area contributed by atoms with Gasteiger partial charge in [-0.05, 0) is 91.7 Å². The number of alkyl carbamates (subject to hydrolysis) is 1. The van der Waals surface area contributed by atoms with E-state index in [1.807, 2.05) is 27.0 Å². The number of para-hydroxylation sites is 1. The van der Waals surface area contributed by atoms with E-state index in [9.17, 15) is 19.5 Å². The fourth-order valence-corrected chi connectivity index (χ4v) is 4.53. The fraction of sp³-hybridized carbons (Fsp3) is 0.667. The first-order valence-electron chi connectivity index (χ1n) is 12.6. The molecule has 1 aliphatic rings. The Morgan fingerprint density at radius 1 is 1.17 bits per heavy atom. The van der Waals surface area contributed by atoms with E-state index in [0.29, 0.717) is 23.3 Å². The van der Waals surface area contributed by atoms with Crippen molar-refractivity contribution in [2.75, 3.05) is 12.0 Å². The lowest BCUT2D eigenvalue weighted by Gasteiger charge is -2.44. The third kappa shape index (κ3) is 8.32. The average Bonchev–Trinajstić information content (AvgIpc) is 2.69. The molecule has 0 spiro atoms. The lowest BCUT2D eigenvalue weighted by molar-refractivity contribution is -0.148. The van der Waals surface area contributed by atoms with E-state index in [4.69, 9.17) is 4.74 Å². The largest absolute Gasteiger partial charge is 0.507 e. The van der Waals surface area contributed by atoms with Crippen LogP contribution in [0.15, 0.2) is 18.2 Å². The van der Waals surface area contributed by atoms with Gasteiger partial charge in [0.25, 0.3) is 0 Å². The third-order valence-corrected chi connectivity index (χ3v) is 6.55. The van der Waals surface area contributed by atoms with E-state index in [2.05, 4.69) is 10.6 Å². The van der Waals surface area contributed by atoms with Crippen LogP contribution in [0.2, 0.25) is 0 Å². The van der Waals surface area contributed by atoms with Crippen LogP contribution in [-0.2, 0) is 14.3 Å². The van der Waals surface area contributed by atoms with Crippen molar-refractivity contribution in [3.05, 3.63) is 29.3 Å². The van der Waals surface area contributed by atoms with E-state index in [1.165, 1.54) is 0 Å². The van der Waals surface area contributed by atoms with Gasteiger partial charge in [-0.15, -0.1) is 0 Å². The summed E-state index contributed by atoms with van der Waals surface area (Å²) in [4.78, 5) is 42.1. The number of aromatic hydroxyl groups is 1. The zero-order valence-electron chi connectivity index (χ0n) is 22.9. The molecule has 1 aliphatic carbocycles. The topological polar surface area (TPSA) is 108 Å². The molecule has 1 saturated carbocycles. The van der Waals surface area contributed by atoms with Crippen LogP contribution in [-0.4, -0.2) is 63.1 Å². The molecule has 0 radical (unpaired) electrons. The van der Waals surface area contributed by atoms with Gasteiger partial charge in [0.2, 0.25) is 11.8 Å². The van der Waals surface area contributed by atoms with Crippen molar-refractivity contribution in [3.8, 4) is 5.75 Å². The van der Waals surface area contributed by atoms with Crippen LogP contribution in [0.1, 0.15) is 84.4 Å². The summed E-state index contributed by atoms with van der Waals surface area (Å²) in [6.45, 7) is 12.7. The maximum absolute atomic E-state index is 14.2. The second kappa shape index (κ2) is 12.2. The van der Waals surface area contributed by atoms with Gasteiger partial charge in [0, 0.05) is 17.1 Å². The predicted molar refractivity (Wildman–Crippen MR) is 144 cm³/mol. The Morgan fingerprint density at radius 3 is 2.31 bits per heavy atom. The highest BCUT2D eigenvalue weighted by molar-refractivity contribution is 7.98. The molecule has 0 saturated heterocycles. The molecule has 0 heterocycles. The van der Waals surface area contributed by atoms with Crippen molar-refractivity contribution in [1.29, 1.82) is 0 Å². The number of hydrogen-bond donors (Lipinski definition) is 3. The van der Waals surface area contributed by atoms with Crippen LogP contribution < -0.4 is 10.6 Å². The molecule has 3 N–H and O–H groups in total. The van der Waals surface area contributed by atoms with Crippen molar-refractivity contribution >= 4 is 29.7 Å². The molecule has 202 valence electrons. The Labute approximate surface area is 219 Å². The summed E-state index contributed by atoms with van der Waals surface area (Å²) < 4.78 is 5.43. The highest BCUT2D eigenvalue weighted by atomic mass is 32.2. The van der Waals surface area contributed by atoms with E-state index in [0.717, 1.165) is 19.3 Å². The van der Waals surface area contributed by atoms with Gasteiger partial charge in [0.1, 0.15) is 23.4 Å². The number of carbonyl (C=O) groups excluding carboxylic acids is 3. The number of aryl methyl sites for hydroxylation is 1. The van der Waals surface area contributed by atoms with Crippen molar-refractivity contribution in [2.45, 2.75) is 103 Å². The molecule has 9 heteroatoms. The SMILES string of the molecule is CSCCC(NC(=O)OC(C)(C)C)C(=O)N(C1CCC1)C(C(=O)NC(C)(C)C)c1cccc(C)c1O. The van der Waals surface area contributed by atoms with Crippen LogP contribution in [0, 0.1) is 6.92 Å². The van der Waals surface area contributed by atoms with Gasteiger partial charge in [-0.1, -0.05) is 18.2 Å². The number of nitrogens with zero attached hydrogens (tertiary/aromatic N) is 1. The number of amides is 3. The minimum absolute atomic E-state index is 0.00977. The molecule has 2 atom stereocenters. The Balaban J connectivity index is 2.54. The van der Waals surface area contributed by atoms with Crippen LogP contribution in [0.3, 0.4) is 0 Å². The molecular weight excluding hydrogens is 478 g/mol. The quantitative estimate of drug-likeness (QED) is 0.435. The number of rotatable bonds is 9. The van der Waals surface area contributed by atoms with Crippen molar-refractivity contribution in [1.82, 2.24) is 15.5 Å². The summed E-state index contributed by atoms with van der Waals surface area (Å²) >= 11 is 1.57. The van der Waals surface area contributed by atoms with Crippen LogP contribution in [0.25, 0.3) is 0 Å². The molecule has 1 aromatic rings. The van der Waals surface area contributed by atoms with Gasteiger partial charge in [-0.25, -0.2) is 4.79 Å². The third-order valence-electron chi connectivity index (χ3n) is 5.91. The molecular formula is C27H43N3O5S. The van der Waals surface area contributed by atoms with E-state index >= 15 is 0 Å². The Bertz CT molecular complexity index is 934. The van der Waals surface area contributed by atoms with E-state index in [-0.39, 0.29) is 23.6 Å². The zero-order chi connectivity index (χ0) is 27.3. The van der Waals surface area contributed by atoms with Gasteiger partial charge in [0.05, 0.1) is 0 Å². The highest BCUT2D eigenvalue weighted by Crippen LogP contribution is 2.38. The van der Waals surface area contributed by atoms with Crippen molar-refractivity contribution < 1.29 is 24.2 Å². The zero-order valence-corrected chi connectivity index (χ0v) is 23.8. The van der Waals surface area contributed by atoms with Crippen molar-refractivity contribution in [3.63, 3.8) is 0 Å². The normalized spacial score (nSPS) is 15.9. The Hall–Kier alpha value is -2.42. The summed E-state index contributed by atoms with van der Waals surface area (Å²) in [6.07, 6.45) is 4.08. The predicted octanol–water partition coefficient (Wildman–Crippen LogP) is 4.68. The lowest BCUT2D eigenvalue weighted by Crippen LogP contribution is -2.58. The number of carbonyl (C=O) groups is 3. The fourth-order valence-electron chi connectivity index (χ4n) is 4.06. The molecule has 8 nitrogen and oxygen atoms in total. The molecule has 3 amide bonds. The van der Waals surface area contributed by atoms with Gasteiger partial charge < -0.3 is 25.4 Å². The Kier molecular flexibility index (Phi) is 10.1. The molecule has 0 aliphatic heterocycles. The first-order valence-corrected chi connectivity index (χ1v) is 13.9. The minimum Gasteiger partial charge on any atom is -0.507 e. The lowest BCUT2D eigenvalue weighted by atomic mass is 9.87. The summed E-state index contributed by atoms with van der Waals surface area (Å²) in [7, 11) is 0. The van der Waals surface area contributed by atoms with E-state index < -0.39 is 29.3 Å². The number of phenolic OH excluding ortho intramolecular Hbond substituents is 1. The molecule has 36 heavy (non-hydrogen) atoms.